The Bertz CT molecular complexity index is 765. The second-order valence-corrected chi connectivity index (χ2v) is 6.96. The Morgan fingerprint density at radius 3 is 3.08 bits per heavy atom. The van der Waals surface area contributed by atoms with Crippen LogP contribution < -0.4 is 5.32 Å². The monoisotopic (exact) mass is 361 g/mol. The summed E-state index contributed by atoms with van der Waals surface area (Å²) < 4.78 is 0. The van der Waals surface area contributed by atoms with Crippen molar-refractivity contribution in [2.75, 3.05) is 18.4 Å². The van der Waals surface area contributed by atoms with Crippen LogP contribution in [0.25, 0.3) is 0 Å². The van der Waals surface area contributed by atoms with Crippen molar-refractivity contribution in [1.29, 1.82) is 0 Å². The Labute approximate surface area is 149 Å². The first kappa shape index (κ1) is 17.4. The summed E-state index contributed by atoms with van der Waals surface area (Å²) in [5.74, 6) is -0.158. The van der Waals surface area contributed by atoms with Gasteiger partial charge in [-0.1, -0.05) is 23.5 Å². The van der Waals surface area contributed by atoms with Crippen LogP contribution in [-0.4, -0.2) is 39.0 Å². The fraction of sp³-hybridized carbons (Fsp3) is 0.438. The predicted octanol–water partition coefficient (Wildman–Crippen LogP) is 2.61. The topological polar surface area (TPSA) is 101 Å². The molecule has 0 radical (unpaired) electrons. The molecule has 2 aromatic rings. The molecule has 132 valence electrons. The van der Waals surface area contributed by atoms with Crippen LogP contribution in [0.5, 0.6) is 0 Å². The molecule has 1 N–H and O–H groups in total. The molecule has 25 heavy (non-hydrogen) atoms. The first-order valence-electron chi connectivity index (χ1n) is 8.07. The molecule has 1 aromatic heterocycles. The molecule has 1 fully saturated rings. The number of aromatic nitrogens is 2. The maximum absolute atomic E-state index is 12.4. The van der Waals surface area contributed by atoms with Crippen molar-refractivity contribution in [2.24, 2.45) is 5.92 Å². The fourth-order valence-electron chi connectivity index (χ4n) is 3.13. The molecule has 1 aliphatic heterocycles. The average molecular weight is 361 g/mol. The molecule has 0 aliphatic carbocycles. The standard InChI is InChI=1S/C16H19N5O3S/c1-11-12(4-2-6-14(11)21(23)24)8-20-7-3-5-13(9-20)15(22)18-16-19-17-10-25-16/h2,4,6,10,13H,3,5,7-9H2,1H3,(H,18,19,22)/t13-/m0/s1. The van der Waals surface area contributed by atoms with Crippen LogP contribution in [-0.2, 0) is 11.3 Å². The van der Waals surface area contributed by atoms with Crippen LogP contribution in [0.15, 0.2) is 23.7 Å². The molecular weight excluding hydrogens is 342 g/mol. The first-order valence-corrected chi connectivity index (χ1v) is 8.95. The number of carbonyl (C=O) groups is 1. The molecule has 1 amide bonds. The Morgan fingerprint density at radius 2 is 2.36 bits per heavy atom. The van der Waals surface area contributed by atoms with Crippen molar-refractivity contribution in [2.45, 2.75) is 26.3 Å². The summed E-state index contributed by atoms with van der Waals surface area (Å²) in [5.41, 5.74) is 3.33. The Balaban J connectivity index is 1.65. The zero-order valence-electron chi connectivity index (χ0n) is 13.8. The molecule has 1 aliphatic rings. The number of benzene rings is 1. The molecule has 1 aromatic carbocycles. The summed E-state index contributed by atoms with van der Waals surface area (Å²) >= 11 is 1.29. The number of hydrogen-bond donors (Lipinski definition) is 1. The third-order valence-corrected chi connectivity index (χ3v) is 5.08. The minimum absolute atomic E-state index is 0.0442. The van der Waals surface area contributed by atoms with Crippen LogP contribution in [0.1, 0.15) is 24.0 Å². The van der Waals surface area contributed by atoms with Gasteiger partial charge in [0.1, 0.15) is 5.51 Å². The molecule has 0 spiro atoms. The van der Waals surface area contributed by atoms with Gasteiger partial charge in [-0.2, -0.15) is 0 Å². The number of hydrogen-bond acceptors (Lipinski definition) is 7. The highest BCUT2D eigenvalue weighted by Crippen LogP contribution is 2.25. The van der Waals surface area contributed by atoms with Gasteiger partial charge in [-0.3, -0.25) is 19.8 Å². The molecule has 3 rings (SSSR count). The average Bonchev–Trinajstić information content (AvgIpc) is 3.10. The van der Waals surface area contributed by atoms with Gasteiger partial charge >= 0.3 is 0 Å². The van der Waals surface area contributed by atoms with Crippen molar-refractivity contribution in [3.8, 4) is 0 Å². The third kappa shape index (κ3) is 4.18. The largest absolute Gasteiger partial charge is 0.300 e. The van der Waals surface area contributed by atoms with E-state index in [0.29, 0.717) is 23.8 Å². The number of nitro groups is 1. The van der Waals surface area contributed by atoms with Gasteiger partial charge in [0.15, 0.2) is 0 Å². The van der Waals surface area contributed by atoms with Crippen LogP contribution in [0.2, 0.25) is 0 Å². The summed E-state index contributed by atoms with van der Waals surface area (Å²) in [5, 5.41) is 21.9. The summed E-state index contributed by atoms with van der Waals surface area (Å²) in [6.45, 7) is 3.89. The molecule has 1 atom stereocenters. The number of nitrogens with one attached hydrogen (secondary N) is 1. The normalized spacial score (nSPS) is 18.0. The van der Waals surface area contributed by atoms with Crippen molar-refractivity contribution in [1.82, 2.24) is 15.1 Å². The third-order valence-electron chi connectivity index (χ3n) is 4.47. The molecule has 1 saturated heterocycles. The number of anilines is 1. The van der Waals surface area contributed by atoms with E-state index in [1.54, 1.807) is 18.5 Å². The Kier molecular flexibility index (Phi) is 5.34. The molecule has 0 bridgehead atoms. The molecule has 2 heterocycles. The highest BCUT2D eigenvalue weighted by molar-refractivity contribution is 7.13. The second-order valence-electron chi connectivity index (χ2n) is 6.13. The Morgan fingerprint density at radius 1 is 1.52 bits per heavy atom. The number of carbonyl (C=O) groups excluding carboxylic acids is 1. The summed E-state index contributed by atoms with van der Waals surface area (Å²) in [6, 6.07) is 5.14. The van der Waals surface area contributed by atoms with Crippen molar-refractivity contribution in [3.63, 3.8) is 0 Å². The van der Waals surface area contributed by atoms with Gasteiger partial charge in [-0.05, 0) is 31.9 Å². The number of amides is 1. The Hall–Kier alpha value is -2.39. The number of rotatable bonds is 5. The summed E-state index contributed by atoms with van der Waals surface area (Å²) in [6.07, 6.45) is 1.75. The minimum Gasteiger partial charge on any atom is -0.300 e. The number of nitrogens with zero attached hydrogens (tertiary/aromatic N) is 4. The second kappa shape index (κ2) is 7.66. The van der Waals surface area contributed by atoms with E-state index in [1.807, 2.05) is 6.07 Å². The SMILES string of the molecule is Cc1c(CN2CCC[C@H](C(=O)Nc3nncs3)C2)cccc1[N+](=O)[O-]. The van der Waals surface area contributed by atoms with E-state index in [4.69, 9.17) is 0 Å². The molecule has 0 unspecified atom stereocenters. The number of piperidine rings is 1. The molecular formula is C16H19N5O3S. The van der Waals surface area contributed by atoms with Crippen LogP contribution >= 0.6 is 11.3 Å². The molecule has 0 saturated carbocycles. The van der Waals surface area contributed by atoms with Gasteiger partial charge in [0.25, 0.3) is 5.69 Å². The number of likely N-dealkylation sites (tertiary alicyclic amines) is 1. The molecule has 9 heteroatoms. The van der Waals surface area contributed by atoms with Gasteiger partial charge in [0, 0.05) is 24.7 Å². The lowest BCUT2D eigenvalue weighted by molar-refractivity contribution is -0.385. The highest BCUT2D eigenvalue weighted by Gasteiger charge is 2.27. The smallest absolute Gasteiger partial charge is 0.272 e. The lowest BCUT2D eigenvalue weighted by Crippen LogP contribution is -2.40. The van der Waals surface area contributed by atoms with Gasteiger partial charge in [0.05, 0.1) is 10.8 Å². The van der Waals surface area contributed by atoms with Gasteiger partial charge in [-0.15, -0.1) is 10.2 Å². The van der Waals surface area contributed by atoms with Crippen LogP contribution in [0.4, 0.5) is 10.8 Å². The highest BCUT2D eigenvalue weighted by atomic mass is 32.1. The summed E-state index contributed by atoms with van der Waals surface area (Å²) in [4.78, 5) is 25.3. The van der Waals surface area contributed by atoms with Crippen LogP contribution in [0.3, 0.4) is 0 Å². The lowest BCUT2D eigenvalue weighted by Gasteiger charge is -2.32. The zero-order valence-corrected chi connectivity index (χ0v) is 14.7. The first-order chi connectivity index (χ1) is 12.0. The zero-order chi connectivity index (χ0) is 17.8. The lowest BCUT2D eigenvalue weighted by atomic mass is 9.96. The van der Waals surface area contributed by atoms with E-state index in [2.05, 4.69) is 20.4 Å². The van der Waals surface area contributed by atoms with Crippen molar-refractivity contribution in [3.05, 3.63) is 45.0 Å². The van der Waals surface area contributed by atoms with E-state index in [1.165, 1.54) is 17.4 Å². The van der Waals surface area contributed by atoms with E-state index in [0.717, 1.165) is 24.9 Å². The van der Waals surface area contributed by atoms with E-state index < -0.39 is 0 Å². The van der Waals surface area contributed by atoms with Crippen molar-refractivity contribution >= 4 is 28.1 Å². The van der Waals surface area contributed by atoms with Crippen molar-refractivity contribution < 1.29 is 9.72 Å². The molecule has 8 nitrogen and oxygen atoms in total. The fourth-order valence-corrected chi connectivity index (χ4v) is 3.58. The number of nitro benzene ring substituents is 1. The predicted molar refractivity (Wildman–Crippen MR) is 94.4 cm³/mol. The van der Waals surface area contributed by atoms with E-state index in [9.17, 15) is 14.9 Å². The van der Waals surface area contributed by atoms with E-state index in [-0.39, 0.29) is 22.4 Å². The quantitative estimate of drug-likeness (QED) is 0.649. The minimum atomic E-state index is -0.354. The van der Waals surface area contributed by atoms with E-state index >= 15 is 0 Å². The van der Waals surface area contributed by atoms with Gasteiger partial charge < -0.3 is 5.32 Å². The maximum atomic E-state index is 12.4. The van der Waals surface area contributed by atoms with Gasteiger partial charge in [-0.25, -0.2) is 0 Å². The van der Waals surface area contributed by atoms with Gasteiger partial charge in [0.2, 0.25) is 11.0 Å². The van der Waals surface area contributed by atoms with Crippen LogP contribution in [0, 0.1) is 23.0 Å². The maximum Gasteiger partial charge on any atom is 0.272 e. The summed E-state index contributed by atoms with van der Waals surface area (Å²) in [7, 11) is 0.